The lowest BCUT2D eigenvalue weighted by Crippen LogP contribution is -2.17. The maximum atomic E-state index is 14.6. The molecule has 0 fully saturated rings. The van der Waals surface area contributed by atoms with Crippen molar-refractivity contribution in [2.24, 2.45) is 5.73 Å². The molecule has 0 radical (unpaired) electrons. The Labute approximate surface area is 173 Å². The van der Waals surface area contributed by atoms with E-state index >= 15 is 0 Å². The lowest BCUT2D eigenvalue weighted by Gasteiger charge is -2.07. The van der Waals surface area contributed by atoms with Crippen molar-refractivity contribution in [1.29, 1.82) is 0 Å². The molecule has 4 rings (SSSR count). The summed E-state index contributed by atoms with van der Waals surface area (Å²) in [4.78, 5) is 37.8. The Morgan fingerprint density at radius 1 is 1.20 bits per heavy atom. The average molecular weight is 427 g/mol. The lowest BCUT2D eigenvalue weighted by atomic mass is 9.99. The van der Waals surface area contributed by atoms with E-state index in [0.717, 1.165) is 17.3 Å². The molecule has 3 aromatic heterocycles. The van der Waals surface area contributed by atoms with Crippen LogP contribution in [0.3, 0.4) is 0 Å². The van der Waals surface area contributed by atoms with E-state index in [1.807, 2.05) is 24.4 Å². The summed E-state index contributed by atoms with van der Waals surface area (Å²) < 4.78 is 29.0. The van der Waals surface area contributed by atoms with Gasteiger partial charge in [-0.15, -0.1) is 11.3 Å². The second kappa shape index (κ2) is 7.30. The number of rotatable bonds is 5. The van der Waals surface area contributed by atoms with Crippen molar-refractivity contribution in [3.05, 3.63) is 64.3 Å². The van der Waals surface area contributed by atoms with Crippen molar-refractivity contribution >= 4 is 39.2 Å². The predicted octanol–water partition coefficient (Wildman–Crippen LogP) is 3.36. The van der Waals surface area contributed by atoms with Gasteiger partial charge in [-0.3, -0.25) is 9.59 Å². The molecule has 0 unspecified atom stereocenters. The summed E-state index contributed by atoms with van der Waals surface area (Å²) in [7, 11) is 3.74. The number of H-pyrrole nitrogens is 1. The van der Waals surface area contributed by atoms with Crippen LogP contribution in [0, 0.1) is 11.6 Å². The van der Waals surface area contributed by atoms with Gasteiger partial charge in [-0.05, 0) is 18.2 Å². The molecule has 0 spiro atoms. The number of thiazole rings is 1. The van der Waals surface area contributed by atoms with E-state index in [1.54, 1.807) is 12.3 Å². The van der Waals surface area contributed by atoms with Crippen LogP contribution >= 0.6 is 11.3 Å². The van der Waals surface area contributed by atoms with Crippen LogP contribution in [0.2, 0.25) is 0 Å². The molecule has 0 aliphatic heterocycles. The number of benzene rings is 1. The monoisotopic (exact) mass is 427 g/mol. The van der Waals surface area contributed by atoms with Crippen LogP contribution in [0.15, 0.2) is 36.0 Å². The van der Waals surface area contributed by atoms with E-state index in [1.165, 1.54) is 17.5 Å². The number of aromatic nitrogens is 3. The molecule has 0 saturated heterocycles. The highest BCUT2D eigenvalue weighted by atomic mass is 32.1. The van der Waals surface area contributed by atoms with Crippen LogP contribution < -0.4 is 10.6 Å². The highest BCUT2D eigenvalue weighted by Gasteiger charge is 2.26. The molecule has 1 amide bonds. The third-order valence-electron chi connectivity index (χ3n) is 4.53. The molecule has 7 nitrogen and oxygen atoms in total. The number of hydrogen-bond donors (Lipinski definition) is 2. The fourth-order valence-electron chi connectivity index (χ4n) is 3.02. The lowest BCUT2D eigenvalue weighted by molar-refractivity contribution is 0.0996. The van der Waals surface area contributed by atoms with Gasteiger partial charge in [0.2, 0.25) is 5.78 Å². The van der Waals surface area contributed by atoms with Crippen LogP contribution in [0.4, 0.5) is 13.9 Å². The van der Waals surface area contributed by atoms with E-state index in [-0.39, 0.29) is 5.56 Å². The second-order valence-electron chi connectivity index (χ2n) is 6.71. The third kappa shape index (κ3) is 3.20. The molecule has 0 bridgehead atoms. The van der Waals surface area contributed by atoms with E-state index < -0.39 is 34.5 Å². The Morgan fingerprint density at radius 2 is 1.97 bits per heavy atom. The molecule has 3 heterocycles. The van der Waals surface area contributed by atoms with Gasteiger partial charge in [-0.1, -0.05) is 0 Å². The number of fused-ring (bicyclic) bond motifs is 1. The number of carbonyl (C=O) groups excluding carboxylic acids is 2. The largest absolute Gasteiger partial charge is 0.366 e. The normalized spacial score (nSPS) is 11.1. The summed E-state index contributed by atoms with van der Waals surface area (Å²) >= 11 is 1.44. The first-order valence-corrected chi connectivity index (χ1v) is 9.58. The molecule has 0 atom stereocenters. The first-order chi connectivity index (χ1) is 14.3. The van der Waals surface area contributed by atoms with Crippen LogP contribution in [-0.2, 0) is 0 Å². The first kappa shape index (κ1) is 19.6. The number of primary amides is 1. The van der Waals surface area contributed by atoms with E-state index in [9.17, 15) is 18.4 Å². The minimum Gasteiger partial charge on any atom is -0.366 e. The summed E-state index contributed by atoms with van der Waals surface area (Å²) in [5.41, 5.74) is 5.40. The van der Waals surface area contributed by atoms with Gasteiger partial charge < -0.3 is 15.6 Å². The van der Waals surface area contributed by atoms with Crippen LogP contribution in [0.1, 0.15) is 26.3 Å². The van der Waals surface area contributed by atoms with Gasteiger partial charge in [-0.2, -0.15) is 0 Å². The summed E-state index contributed by atoms with van der Waals surface area (Å²) in [5, 5.41) is 3.02. The zero-order valence-corrected chi connectivity index (χ0v) is 16.7. The van der Waals surface area contributed by atoms with Crippen LogP contribution in [0.25, 0.3) is 22.3 Å². The molecule has 1 aromatic carbocycles. The van der Waals surface area contributed by atoms with Crippen LogP contribution in [-0.4, -0.2) is 40.7 Å². The maximum absolute atomic E-state index is 14.6. The Balaban J connectivity index is 1.83. The highest BCUT2D eigenvalue weighted by Crippen LogP contribution is 2.30. The van der Waals surface area contributed by atoms with Gasteiger partial charge in [0.25, 0.3) is 5.91 Å². The number of nitrogens with one attached hydrogen (secondary N) is 1. The Bertz CT molecular complexity index is 1310. The summed E-state index contributed by atoms with van der Waals surface area (Å²) in [5.74, 6) is -4.40. The second-order valence-corrected chi connectivity index (χ2v) is 7.55. The van der Waals surface area contributed by atoms with Gasteiger partial charge in [0, 0.05) is 48.4 Å². The molecule has 10 heteroatoms. The van der Waals surface area contributed by atoms with Gasteiger partial charge >= 0.3 is 0 Å². The fourth-order valence-corrected chi connectivity index (χ4v) is 3.79. The number of nitrogens with two attached hydrogens (primary N) is 1. The van der Waals surface area contributed by atoms with Crippen molar-refractivity contribution in [1.82, 2.24) is 15.0 Å². The fraction of sp³-hybridized carbons (Fsp3) is 0.100. The van der Waals surface area contributed by atoms with Crippen molar-refractivity contribution in [2.45, 2.75) is 0 Å². The number of ketones is 1. The van der Waals surface area contributed by atoms with Gasteiger partial charge in [0.15, 0.2) is 5.13 Å². The maximum Gasteiger partial charge on any atom is 0.251 e. The number of aromatic amines is 1. The number of nitrogens with zero attached hydrogens (tertiary/aromatic N) is 3. The summed E-state index contributed by atoms with van der Waals surface area (Å²) in [6.07, 6.45) is 2.92. The SMILES string of the molecule is CN(C)c1nc(-c2cnc3[nH]cc(C(=O)c4c(F)ccc(C(N)=O)c4F)c3c2)cs1. The molecule has 0 aliphatic rings. The summed E-state index contributed by atoms with van der Waals surface area (Å²) in [6.45, 7) is 0. The molecular weight excluding hydrogens is 412 g/mol. The molecular formula is C20H15F2N5O2S. The smallest absolute Gasteiger partial charge is 0.251 e. The van der Waals surface area contributed by atoms with Gasteiger partial charge in [0.1, 0.15) is 17.3 Å². The van der Waals surface area contributed by atoms with E-state index in [0.29, 0.717) is 22.3 Å². The topological polar surface area (TPSA) is 105 Å². The molecule has 4 aromatic rings. The zero-order chi connectivity index (χ0) is 21.6. The van der Waals surface area contributed by atoms with Crippen molar-refractivity contribution in [3.63, 3.8) is 0 Å². The van der Waals surface area contributed by atoms with E-state index in [4.69, 9.17) is 5.73 Å². The Morgan fingerprint density at radius 3 is 2.63 bits per heavy atom. The predicted molar refractivity (Wildman–Crippen MR) is 110 cm³/mol. The quantitative estimate of drug-likeness (QED) is 0.475. The van der Waals surface area contributed by atoms with Crippen molar-refractivity contribution in [3.8, 4) is 11.3 Å². The molecule has 30 heavy (non-hydrogen) atoms. The number of pyridine rings is 1. The molecule has 0 aliphatic carbocycles. The average Bonchev–Trinajstić information content (AvgIpc) is 3.34. The minimum absolute atomic E-state index is 0.0156. The Kier molecular flexibility index (Phi) is 4.78. The zero-order valence-electron chi connectivity index (χ0n) is 15.9. The van der Waals surface area contributed by atoms with Gasteiger partial charge in [-0.25, -0.2) is 18.7 Å². The summed E-state index contributed by atoms with van der Waals surface area (Å²) in [6, 6.07) is 3.42. The van der Waals surface area contributed by atoms with Crippen molar-refractivity contribution in [2.75, 3.05) is 19.0 Å². The third-order valence-corrected chi connectivity index (χ3v) is 5.54. The minimum atomic E-state index is -1.29. The number of halogens is 2. The molecule has 0 saturated carbocycles. The van der Waals surface area contributed by atoms with Crippen molar-refractivity contribution < 1.29 is 18.4 Å². The standard InChI is InChI=1S/C20H15F2N5O2S/c1-27(2)20-26-14(8-30-20)9-5-11-12(7-25-19(11)24-6-9)17(28)15-13(21)4-3-10(16(15)22)18(23)29/h3-8H,1-2H3,(H2,23,29)(H,24,25). The number of anilines is 1. The van der Waals surface area contributed by atoms with Gasteiger partial charge in [0.05, 0.1) is 16.8 Å². The van der Waals surface area contributed by atoms with Crippen LogP contribution in [0.5, 0.6) is 0 Å². The number of amides is 1. The highest BCUT2D eigenvalue weighted by molar-refractivity contribution is 7.14. The number of carbonyl (C=O) groups is 2. The van der Waals surface area contributed by atoms with E-state index in [2.05, 4.69) is 15.0 Å². The first-order valence-electron chi connectivity index (χ1n) is 8.70. The number of hydrogen-bond acceptors (Lipinski definition) is 6. The molecule has 152 valence electrons. The molecule has 3 N–H and O–H groups in total. The Hall–Kier alpha value is -3.66.